The molecule has 2 rings (SSSR count). The maximum Gasteiger partial charge on any atom is 0.247 e. The number of halogens is 3. The first kappa shape index (κ1) is 18.1. The largest absolute Gasteiger partial charge is 0.395 e. The summed E-state index contributed by atoms with van der Waals surface area (Å²) in [6.07, 6.45) is -0.846. The molecule has 1 aliphatic rings. The van der Waals surface area contributed by atoms with E-state index in [9.17, 15) is 18.7 Å². The number of rotatable bonds is 4. The molecule has 1 heterocycles. The Hall–Kier alpha value is -1.28. The van der Waals surface area contributed by atoms with Crippen LogP contribution in [-0.4, -0.2) is 47.8 Å². The third kappa shape index (κ3) is 3.33. The first-order valence-electron chi connectivity index (χ1n) is 7.12. The fourth-order valence-electron chi connectivity index (χ4n) is 2.86. The highest BCUT2D eigenvalue weighted by molar-refractivity contribution is 6.31. The lowest BCUT2D eigenvalue weighted by molar-refractivity contribution is -0.148. The lowest BCUT2D eigenvalue weighted by Gasteiger charge is -2.47. The Morgan fingerprint density at radius 2 is 2.17 bits per heavy atom. The molecule has 0 saturated carbocycles. The van der Waals surface area contributed by atoms with Crippen LogP contribution in [0.15, 0.2) is 12.1 Å². The van der Waals surface area contributed by atoms with Crippen molar-refractivity contribution >= 4 is 17.5 Å². The number of hydrogen-bond donors (Lipinski definition) is 2. The molecule has 1 saturated heterocycles. The van der Waals surface area contributed by atoms with Crippen LogP contribution in [0.2, 0.25) is 5.02 Å². The van der Waals surface area contributed by atoms with E-state index in [0.29, 0.717) is 5.56 Å². The number of aliphatic hydroxyl groups is 1. The summed E-state index contributed by atoms with van der Waals surface area (Å²) in [6, 6.07) is 1.96. The van der Waals surface area contributed by atoms with Gasteiger partial charge in [0.15, 0.2) is 11.6 Å². The van der Waals surface area contributed by atoms with E-state index in [0.717, 1.165) is 6.07 Å². The zero-order valence-electron chi connectivity index (χ0n) is 12.9. The highest BCUT2D eigenvalue weighted by atomic mass is 35.5. The molecule has 128 valence electrons. The number of morpholine rings is 1. The van der Waals surface area contributed by atoms with Crippen LogP contribution in [0.4, 0.5) is 8.78 Å². The number of amides is 1. The van der Waals surface area contributed by atoms with E-state index in [2.05, 4.69) is 0 Å². The molecule has 0 radical (unpaired) electrons. The predicted molar refractivity (Wildman–Crippen MR) is 80.9 cm³/mol. The van der Waals surface area contributed by atoms with E-state index in [1.165, 1.54) is 6.07 Å². The van der Waals surface area contributed by atoms with E-state index < -0.39 is 35.2 Å². The van der Waals surface area contributed by atoms with Gasteiger partial charge < -0.3 is 15.6 Å². The van der Waals surface area contributed by atoms with Crippen LogP contribution >= 0.6 is 11.6 Å². The monoisotopic (exact) mass is 348 g/mol. The maximum atomic E-state index is 13.8. The Morgan fingerprint density at radius 1 is 1.52 bits per heavy atom. The van der Waals surface area contributed by atoms with Gasteiger partial charge in [-0.25, -0.2) is 8.78 Å². The number of primary amides is 1. The van der Waals surface area contributed by atoms with Gasteiger partial charge in [-0.3, -0.25) is 9.69 Å². The molecular weight excluding hydrogens is 330 g/mol. The molecule has 0 aromatic heterocycles. The third-order valence-electron chi connectivity index (χ3n) is 4.23. The molecule has 0 bridgehead atoms. The molecule has 1 amide bonds. The van der Waals surface area contributed by atoms with Gasteiger partial charge in [-0.1, -0.05) is 17.7 Å². The standard InChI is InChI=1S/C15H19ClF2N2O3/c1-15(2,9-3-4-10(17)13(18)12(9)16)20-5-11(14(19)22)23-7-8(20)6-21/h3-4,8,11,21H,5-7H2,1-2H3,(H2,19,22). The highest BCUT2D eigenvalue weighted by Crippen LogP contribution is 2.37. The number of carbonyl (C=O) groups is 1. The summed E-state index contributed by atoms with van der Waals surface area (Å²) in [7, 11) is 0. The molecule has 1 aromatic rings. The zero-order chi connectivity index (χ0) is 17.4. The van der Waals surface area contributed by atoms with Gasteiger partial charge in [0.25, 0.3) is 0 Å². The van der Waals surface area contributed by atoms with E-state index in [1.54, 1.807) is 18.7 Å². The van der Waals surface area contributed by atoms with Gasteiger partial charge >= 0.3 is 0 Å². The summed E-state index contributed by atoms with van der Waals surface area (Å²) < 4.78 is 32.4. The van der Waals surface area contributed by atoms with Gasteiger partial charge in [-0.2, -0.15) is 0 Å². The van der Waals surface area contributed by atoms with Crippen molar-refractivity contribution in [2.75, 3.05) is 19.8 Å². The SMILES string of the molecule is CC(C)(c1ccc(F)c(F)c1Cl)N1CC(C(N)=O)OCC1CO. The summed E-state index contributed by atoms with van der Waals surface area (Å²) >= 11 is 5.97. The lowest BCUT2D eigenvalue weighted by atomic mass is 9.89. The minimum atomic E-state index is -1.13. The van der Waals surface area contributed by atoms with E-state index in [1.807, 2.05) is 0 Å². The summed E-state index contributed by atoms with van der Waals surface area (Å²) in [6.45, 7) is 3.48. The van der Waals surface area contributed by atoms with Crippen molar-refractivity contribution in [2.24, 2.45) is 5.73 Å². The van der Waals surface area contributed by atoms with Crippen molar-refractivity contribution in [3.8, 4) is 0 Å². The first-order valence-corrected chi connectivity index (χ1v) is 7.50. The Bertz CT molecular complexity index is 613. The van der Waals surface area contributed by atoms with Crippen LogP contribution in [0.5, 0.6) is 0 Å². The number of carbonyl (C=O) groups excluding carboxylic acids is 1. The van der Waals surface area contributed by atoms with Crippen LogP contribution < -0.4 is 5.73 Å². The normalized spacial score (nSPS) is 23.0. The molecule has 2 atom stereocenters. The average molecular weight is 349 g/mol. The number of hydrogen-bond acceptors (Lipinski definition) is 4. The molecule has 0 aliphatic carbocycles. The number of aliphatic hydroxyl groups excluding tert-OH is 1. The van der Waals surface area contributed by atoms with Crippen LogP contribution in [0, 0.1) is 11.6 Å². The fraction of sp³-hybridized carbons (Fsp3) is 0.533. The van der Waals surface area contributed by atoms with Gasteiger partial charge in [0.2, 0.25) is 5.91 Å². The number of nitrogens with zero attached hydrogens (tertiary/aromatic N) is 1. The van der Waals surface area contributed by atoms with Crippen molar-refractivity contribution in [3.05, 3.63) is 34.4 Å². The van der Waals surface area contributed by atoms with Gasteiger partial charge in [0.05, 0.1) is 24.3 Å². The molecule has 8 heteroatoms. The van der Waals surface area contributed by atoms with Gasteiger partial charge in [-0.05, 0) is 25.5 Å². The summed E-state index contributed by atoms with van der Waals surface area (Å²) in [5, 5.41) is 9.23. The van der Waals surface area contributed by atoms with Gasteiger partial charge in [0, 0.05) is 12.1 Å². The zero-order valence-corrected chi connectivity index (χ0v) is 13.6. The second-order valence-corrected chi connectivity index (χ2v) is 6.37. The predicted octanol–water partition coefficient (Wildman–Crippen LogP) is 1.40. The van der Waals surface area contributed by atoms with E-state index in [4.69, 9.17) is 22.1 Å². The molecule has 2 unspecified atom stereocenters. The van der Waals surface area contributed by atoms with Crippen LogP contribution in [0.3, 0.4) is 0 Å². The number of nitrogens with two attached hydrogens (primary N) is 1. The minimum absolute atomic E-state index is 0.0921. The molecular formula is C15H19ClF2N2O3. The minimum Gasteiger partial charge on any atom is -0.395 e. The molecule has 23 heavy (non-hydrogen) atoms. The Balaban J connectivity index is 2.42. The topological polar surface area (TPSA) is 75.8 Å². The van der Waals surface area contributed by atoms with Crippen molar-refractivity contribution in [2.45, 2.75) is 31.5 Å². The number of benzene rings is 1. The number of ether oxygens (including phenoxy) is 1. The van der Waals surface area contributed by atoms with E-state index >= 15 is 0 Å². The molecule has 5 nitrogen and oxygen atoms in total. The summed E-state index contributed by atoms with van der Waals surface area (Å²) in [5.74, 6) is -2.79. The molecule has 0 spiro atoms. The molecule has 1 aromatic carbocycles. The lowest BCUT2D eigenvalue weighted by Crippen LogP contribution is -2.60. The van der Waals surface area contributed by atoms with Crippen LogP contribution in [0.25, 0.3) is 0 Å². The second-order valence-electron chi connectivity index (χ2n) is 6.00. The van der Waals surface area contributed by atoms with Crippen LogP contribution in [-0.2, 0) is 15.1 Å². The molecule has 1 fully saturated rings. The van der Waals surface area contributed by atoms with Crippen molar-refractivity contribution < 1.29 is 23.4 Å². The molecule has 3 N–H and O–H groups in total. The van der Waals surface area contributed by atoms with E-state index in [-0.39, 0.29) is 24.8 Å². The van der Waals surface area contributed by atoms with Crippen molar-refractivity contribution in [1.29, 1.82) is 0 Å². The van der Waals surface area contributed by atoms with Crippen LogP contribution in [0.1, 0.15) is 19.4 Å². The molecule has 1 aliphatic heterocycles. The van der Waals surface area contributed by atoms with Crippen molar-refractivity contribution in [1.82, 2.24) is 4.90 Å². The third-order valence-corrected chi connectivity index (χ3v) is 4.60. The quantitative estimate of drug-likeness (QED) is 0.806. The summed E-state index contributed by atoms with van der Waals surface area (Å²) in [5.41, 5.74) is 4.75. The average Bonchev–Trinajstić information content (AvgIpc) is 2.51. The summed E-state index contributed by atoms with van der Waals surface area (Å²) in [4.78, 5) is 13.2. The fourth-order valence-corrected chi connectivity index (χ4v) is 3.24. The van der Waals surface area contributed by atoms with Gasteiger partial charge in [0.1, 0.15) is 6.10 Å². The first-order chi connectivity index (χ1) is 10.7. The second kappa shape index (κ2) is 6.68. The van der Waals surface area contributed by atoms with Gasteiger partial charge in [-0.15, -0.1) is 0 Å². The Kier molecular flexibility index (Phi) is 5.25. The highest BCUT2D eigenvalue weighted by Gasteiger charge is 2.41. The Morgan fingerprint density at radius 3 is 2.74 bits per heavy atom. The maximum absolute atomic E-state index is 13.8. The Labute approximate surface area is 138 Å². The van der Waals surface area contributed by atoms with Crippen molar-refractivity contribution in [3.63, 3.8) is 0 Å². The smallest absolute Gasteiger partial charge is 0.247 e.